The second kappa shape index (κ2) is 6.13. The van der Waals surface area contributed by atoms with Crippen molar-refractivity contribution in [2.75, 3.05) is 0 Å². The molecule has 1 fully saturated rings. The number of hydrogen-bond donors (Lipinski definition) is 3. The van der Waals surface area contributed by atoms with Gasteiger partial charge in [0.2, 0.25) is 15.9 Å². The van der Waals surface area contributed by atoms with Gasteiger partial charge in [0.05, 0.1) is 17.0 Å². The molecule has 0 heterocycles. The fraction of sp³-hybridized carbons (Fsp3) is 0.500. The van der Waals surface area contributed by atoms with E-state index in [9.17, 15) is 18.3 Å². The van der Waals surface area contributed by atoms with Crippen molar-refractivity contribution < 1.29 is 18.3 Å². The topological polar surface area (TPSA) is 95.5 Å². The number of sulfonamides is 1. The van der Waals surface area contributed by atoms with E-state index in [0.29, 0.717) is 5.56 Å². The highest BCUT2D eigenvalue weighted by atomic mass is 32.2. The van der Waals surface area contributed by atoms with Crippen LogP contribution in [0.25, 0.3) is 0 Å². The molecule has 1 aromatic rings. The number of benzene rings is 1. The fourth-order valence-corrected chi connectivity index (χ4v) is 3.11. The lowest BCUT2D eigenvalue weighted by Crippen LogP contribution is -2.45. The van der Waals surface area contributed by atoms with Gasteiger partial charge in [-0.2, -0.15) is 4.72 Å². The summed E-state index contributed by atoms with van der Waals surface area (Å²) < 4.78 is 26.9. The highest BCUT2D eigenvalue weighted by Crippen LogP contribution is 2.19. The average Bonchev–Trinajstić information content (AvgIpc) is 3.22. The van der Waals surface area contributed by atoms with E-state index >= 15 is 0 Å². The molecule has 2 rings (SSSR count). The van der Waals surface area contributed by atoms with Crippen LogP contribution in [-0.2, 0) is 14.8 Å². The first kappa shape index (κ1) is 15.9. The lowest BCUT2D eigenvalue weighted by atomic mass is 10.1. The first-order valence-electron chi connectivity index (χ1n) is 6.90. The second-order valence-corrected chi connectivity index (χ2v) is 7.09. The van der Waals surface area contributed by atoms with Crippen LogP contribution in [0.15, 0.2) is 29.2 Å². The molecule has 0 aliphatic heterocycles. The van der Waals surface area contributed by atoms with Crippen molar-refractivity contribution in [3.05, 3.63) is 29.8 Å². The van der Waals surface area contributed by atoms with Gasteiger partial charge in [-0.3, -0.25) is 4.79 Å². The second-order valence-electron chi connectivity index (χ2n) is 5.37. The summed E-state index contributed by atoms with van der Waals surface area (Å²) in [5.74, 6) is -0.326. The summed E-state index contributed by atoms with van der Waals surface area (Å²) in [6.07, 6.45) is 1.14. The van der Waals surface area contributed by atoms with E-state index in [1.807, 2.05) is 0 Å². The molecule has 1 saturated carbocycles. The molecule has 3 N–H and O–H groups in total. The maximum absolute atomic E-state index is 12.3. The van der Waals surface area contributed by atoms with E-state index < -0.39 is 22.2 Å². The smallest absolute Gasteiger partial charge is 0.241 e. The molecule has 1 aromatic carbocycles. The number of hydrogen-bond acceptors (Lipinski definition) is 4. The Morgan fingerprint density at radius 3 is 2.57 bits per heavy atom. The summed E-state index contributed by atoms with van der Waals surface area (Å²) >= 11 is 0. The molecule has 0 radical (unpaired) electrons. The molecule has 116 valence electrons. The molecule has 1 aliphatic rings. The van der Waals surface area contributed by atoms with Gasteiger partial charge in [-0.15, -0.1) is 0 Å². The van der Waals surface area contributed by atoms with Crippen LogP contribution in [-0.4, -0.2) is 31.5 Å². The number of carbonyl (C=O) groups excluding carboxylic acids is 1. The van der Waals surface area contributed by atoms with E-state index in [1.165, 1.54) is 19.1 Å². The SMILES string of the molecule is CC(NS(=O)(=O)c1cccc(C(C)O)c1)C(=O)NC1CC1. The Bertz CT molecular complexity index is 624. The summed E-state index contributed by atoms with van der Waals surface area (Å²) in [7, 11) is -3.80. The average molecular weight is 312 g/mol. The summed E-state index contributed by atoms with van der Waals surface area (Å²) in [6.45, 7) is 3.07. The number of rotatable bonds is 6. The maximum atomic E-state index is 12.3. The lowest BCUT2D eigenvalue weighted by Gasteiger charge is -2.15. The molecule has 0 aromatic heterocycles. The first-order chi connectivity index (χ1) is 9.79. The van der Waals surface area contributed by atoms with Crippen LogP contribution in [0.5, 0.6) is 0 Å². The first-order valence-corrected chi connectivity index (χ1v) is 8.38. The number of aliphatic hydroxyl groups excluding tert-OH is 1. The standard InChI is InChI=1S/C14H20N2O4S/c1-9(14(18)15-12-6-7-12)16-21(19,20)13-5-3-4-11(8-13)10(2)17/h3-5,8-10,12,16-17H,6-7H2,1-2H3,(H,15,18). The summed E-state index contributed by atoms with van der Waals surface area (Å²) in [5, 5.41) is 12.3. The monoisotopic (exact) mass is 312 g/mol. The summed E-state index contributed by atoms with van der Waals surface area (Å²) in [4.78, 5) is 11.8. The Hall–Kier alpha value is -1.44. The van der Waals surface area contributed by atoms with Crippen molar-refractivity contribution in [3.63, 3.8) is 0 Å². The Kier molecular flexibility index (Phi) is 4.65. The third-order valence-electron chi connectivity index (χ3n) is 3.30. The molecule has 1 amide bonds. The van der Waals surface area contributed by atoms with Crippen LogP contribution in [0.1, 0.15) is 38.4 Å². The van der Waals surface area contributed by atoms with Crippen molar-refractivity contribution in [1.29, 1.82) is 0 Å². The number of nitrogens with one attached hydrogen (secondary N) is 2. The van der Waals surface area contributed by atoms with Gasteiger partial charge in [-0.1, -0.05) is 12.1 Å². The molecule has 2 atom stereocenters. The van der Waals surface area contributed by atoms with Crippen LogP contribution >= 0.6 is 0 Å². The zero-order valence-electron chi connectivity index (χ0n) is 12.0. The molecular weight excluding hydrogens is 292 g/mol. The zero-order valence-corrected chi connectivity index (χ0v) is 12.9. The van der Waals surface area contributed by atoms with Crippen LogP contribution in [0.2, 0.25) is 0 Å². The summed E-state index contributed by atoms with van der Waals surface area (Å²) in [5.41, 5.74) is 0.507. The van der Waals surface area contributed by atoms with E-state index in [0.717, 1.165) is 12.8 Å². The van der Waals surface area contributed by atoms with Gasteiger partial charge in [0.1, 0.15) is 0 Å². The van der Waals surface area contributed by atoms with E-state index in [-0.39, 0.29) is 16.8 Å². The highest BCUT2D eigenvalue weighted by Gasteiger charge is 2.28. The number of amides is 1. The van der Waals surface area contributed by atoms with Crippen molar-refractivity contribution in [2.45, 2.75) is 49.8 Å². The van der Waals surface area contributed by atoms with Crippen LogP contribution < -0.4 is 10.0 Å². The molecule has 7 heteroatoms. The Labute approximate surface area is 124 Å². The van der Waals surface area contributed by atoms with E-state index in [2.05, 4.69) is 10.0 Å². The van der Waals surface area contributed by atoms with Gasteiger partial charge in [0.25, 0.3) is 0 Å². The quantitative estimate of drug-likeness (QED) is 0.720. The minimum atomic E-state index is -3.80. The van der Waals surface area contributed by atoms with Gasteiger partial charge < -0.3 is 10.4 Å². The lowest BCUT2D eigenvalue weighted by molar-refractivity contribution is -0.122. The van der Waals surface area contributed by atoms with E-state index in [4.69, 9.17) is 0 Å². The predicted octanol–water partition coefficient (Wildman–Crippen LogP) is 0.685. The van der Waals surface area contributed by atoms with Gasteiger partial charge in [-0.25, -0.2) is 8.42 Å². The molecule has 0 saturated heterocycles. The molecule has 2 unspecified atom stereocenters. The molecule has 0 spiro atoms. The Balaban J connectivity index is 2.09. The minimum absolute atomic E-state index is 0.0342. The molecular formula is C14H20N2O4S. The third-order valence-corrected chi connectivity index (χ3v) is 4.84. The Morgan fingerprint density at radius 1 is 1.33 bits per heavy atom. The van der Waals surface area contributed by atoms with Crippen molar-refractivity contribution >= 4 is 15.9 Å². The highest BCUT2D eigenvalue weighted by molar-refractivity contribution is 7.89. The number of aliphatic hydroxyl groups is 1. The van der Waals surface area contributed by atoms with Crippen LogP contribution in [0.4, 0.5) is 0 Å². The molecule has 21 heavy (non-hydrogen) atoms. The molecule has 0 bridgehead atoms. The largest absolute Gasteiger partial charge is 0.389 e. The van der Waals surface area contributed by atoms with Gasteiger partial charge >= 0.3 is 0 Å². The minimum Gasteiger partial charge on any atom is -0.389 e. The third kappa shape index (κ3) is 4.26. The van der Waals surface area contributed by atoms with Crippen molar-refractivity contribution in [1.82, 2.24) is 10.0 Å². The van der Waals surface area contributed by atoms with Crippen LogP contribution in [0, 0.1) is 0 Å². The van der Waals surface area contributed by atoms with Crippen molar-refractivity contribution in [2.24, 2.45) is 0 Å². The summed E-state index contributed by atoms with van der Waals surface area (Å²) in [6, 6.07) is 5.38. The Morgan fingerprint density at radius 2 is 2.00 bits per heavy atom. The van der Waals surface area contributed by atoms with Crippen molar-refractivity contribution in [3.8, 4) is 0 Å². The normalized spacial score (nSPS) is 18.0. The van der Waals surface area contributed by atoms with Crippen LogP contribution in [0.3, 0.4) is 0 Å². The van der Waals surface area contributed by atoms with Gasteiger partial charge in [-0.05, 0) is 44.4 Å². The maximum Gasteiger partial charge on any atom is 0.241 e. The zero-order chi connectivity index (χ0) is 15.6. The molecule has 1 aliphatic carbocycles. The van der Waals surface area contributed by atoms with E-state index in [1.54, 1.807) is 19.1 Å². The van der Waals surface area contributed by atoms with Gasteiger partial charge in [0.15, 0.2) is 0 Å². The fourth-order valence-electron chi connectivity index (χ4n) is 1.85. The molecule has 6 nitrogen and oxygen atoms in total. The van der Waals surface area contributed by atoms with Gasteiger partial charge in [0, 0.05) is 6.04 Å². The predicted molar refractivity (Wildman–Crippen MR) is 78.0 cm³/mol. The number of carbonyl (C=O) groups is 1.